The molecule has 0 amide bonds. The topological polar surface area (TPSA) is 38.3 Å². The first-order valence-electron chi connectivity index (χ1n) is 4.71. The molecular formula is C10H15NO2S. The fourth-order valence-electron chi connectivity index (χ4n) is 0.986. The van der Waals surface area contributed by atoms with E-state index in [0.29, 0.717) is 19.6 Å². The molecule has 0 unspecified atom stereocenters. The van der Waals surface area contributed by atoms with Crippen molar-refractivity contribution < 1.29 is 9.53 Å². The van der Waals surface area contributed by atoms with E-state index in [1.54, 1.807) is 11.3 Å². The first kappa shape index (κ1) is 11.2. The summed E-state index contributed by atoms with van der Waals surface area (Å²) >= 11 is 1.60. The number of esters is 1. The van der Waals surface area contributed by atoms with Gasteiger partial charge in [0, 0.05) is 11.4 Å². The van der Waals surface area contributed by atoms with Crippen LogP contribution in [0.4, 0.5) is 0 Å². The summed E-state index contributed by atoms with van der Waals surface area (Å²) in [6.07, 6.45) is 0.444. The molecule has 0 saturated heterocycles. The van der Waals surface area contributed by atoms with Gasteiger partial charge in [0.15, 0.2) is 0 Å². The highest BCUT2D eigenvalue weighted by Gasteiger charge is 2.02. The number of hydrogen-bond donors (Lipinski definition) is 1. The maximum atomic E-state index is 11.2. The van der Waals surface area contributed by atoms with Gasteiger partial charge in [-0.25, -0.2) is 0 Å². The highest BCUT2D eigenvalue weighted by molar-refractivity contribution is 7.09. The van der Waals surface area contributed by atoms with Crippen molar-refractivity contribution in [2.75, 3.05) is 13.1 Å². The molecular weight excluding hydrogens is 198 g/mol. The second-order valence-corrected chi connectivity index (χ2v) is 3.88. The van der Waals surface area contributed by atoms with E-state index >= 15 is 0 Å². The first-order valence-corrected chi connectivity index (χ1v) is 5.59. The van der Waals surface area contributed by atoms with Crippen LogP contribution in [0.15, 0.2) is 17.5 Å². The lowest BCUT2D eigenvalue weighted by Gasteiger charge is -2.03. The minimum atomic E-state index is -0.139. The summed E-state index contributed by atoms with van der Waals surface area (Å²) in [6, 6.07) is 3.91. The zero-order valence-electron chi connectivity index (χ0n) is 8.29. The largest absolute Gasteiger partial charge is 0.460 e. The van der Waals surface area contributed by atoms with Crippen LogP contribution in [0.3, 0.4) is 0 Å². The van der Waals surface area contributed by atoms with Crippen molar-refractivity contribution in [2.45, 2.75) is 20.0 Å². The van der Waals surface area contributed by atoms with Crippen LogP contribution in [0.1, 0.15) is 18.2 Å². The van der Waals surface area contributed by atoms with Gasteiger partial charge in [-0.3, -0.25) is 4.79 Å². The van der Waals surface area contributed by atoms with Crippen LogP contribution in [-0.4, -0.2) is 19.1 Å². The van der Waals surface area contributed by atoms with E-state index in [2.05, 4.69) is 5.32 Å². The zero-order valence-corrected chi connectivity index (χ0v) is 9.10. The van der Waals surface area contributed by atoms with Crippen molar-refractivity contribution >= 4 is 17.3 Å². The number of carbonyl (C=O) groups is 1. The maximum Gasteiger partial charge on any atom is 0.307 e. The third-order valence-corrected chi connectivity index (χ3v) is 2.56. The van der Waals surface area contributed by atoms with E-state index in [4.69, 9.17) is 4.74 Å². The summed E-state index contributed by atoms with van der Waals surface area (Å²) in [4.78, 5) is 12.2. The Morgan fingerprint density at radius 1 is 1.64 bits per heavy atom. The molecule has 4 heteroatoms. The standard InChI is InChI=1S/C10H15NO2S/c1-2-11-6-5-10(12)13-8-9-4-3-7-14-9/h3-4,7,11H,2,5-6,8H2,1H3. The Bertz CT molecular complexity index is 259. The van der Waals surface area contributed by atoms with E-state index in [-0.39, 0.29) is 5.97 Å². The molecule has 0 aliphatic rings. The second kappa shape index (κ2) is 6.56. The monoisotopic (exact) mass is 213 g/mol. The summed E-state index contributed by atoms with van der Waals surface area (Å²) in [5.74, 6) is -0.139. The predicted octanol–water partition coefficient (Wildman–Crippen LogP) is 1.79. The van der Waals surface area contributed by atoms with Gasteiger partial charge in [-0.2, -0.15) is 0 Å². The molecule has 3 nitrogen and oxygen atoms in total. The normalized spacial score (nSPS) is 10.1. The average Bonchev–Trinajstić information content (AvgIpc) is 2.68. The van der Waals surface area contributed by atoms with Gasteiger partial charge in [-0.05, 0) is 18.0 Å². The first-order chi connectivity index (χ1) is 6.83. The predicted molar refractivity (Wildman–Crippen MR) is 57.3 cm³/mol. The number of thiophene rings is 1. The summed E-state index contributed by atoms with van der Waals surface area (Å²) < 4.78 is 5.06. The molecule has 14 heavy (non-hydrogen) atoms. The lowest BCUT2D eigenvalue weighted by Crippen LogP contribution is -2.18. The minimum Gasteiger partial charge on any atom is -0.460 e. The molecule has 0 bridgehead atoms. The van der Waals surface area contributed by atoms with Crippen molar-refractivity contribution in [1.82, 2.24) is 5.32 Å². The van der Waals surface area contributed by atoms with Gasteiger partial charge in [-0.1, -0.05) is 13.0 Å². The Morgan fingerprint density at radius 3 is 3.14 bits per heavy atom. The maximum absolute atomic E-state index is 11.2. The molecule has 0 aliphatic carbocycles. The van der Waals surface area contributed by atoms with E-state index in [9.17, 15) is 4.79 Å². The third-order valence-electron chi connectivity index (χ3n) is 1.71. The summed E-state index contributed by atoms with van der Waals surface area (Å²) in [7, 11) is 0. The molecule has 1 N–H and O–H groups in total. The Kier molecular flexibility index (Phi) is 5.25. The number of rotatable bonds is 6. The number of carbonyl (C=O) groups excluding carboxylic acids is 1. The Hall–Kier alpha value is -0.870. The van der Waals surface area contributed by atoms with Crippen molar-refractivity contribution in [3.05, 3.63) is 22.4 Å². The van der Waals surface area contributed by atoms with Crippen LogP contribution >= 0.6 is 11.3 Å². The molecule has 0 radical (unpaired) electrons. The summed E-state index contributed by atoms with van der Waals surface area (Å²) in [6.45, 7) is 4.00. The van der Waals surface area contributed by atoms with Crippen LogP contribution in [0.5, 0.6) is 0 Å². The molecule has 78 valence electrons. The molecule has 0 aliphatic heterocycles. The smallest absolute Gasteiger partial charge is 0.307 e. The average molecular weight is 213 g/mol. The highest BCUT2D eigenvalue weighted by atomic mass is 32.1. The SMILES string of the molecule is CCNCCC(=O)OCc1cccs1. The van der Waals surface area contributed by atoms with Crippen LogP contribution in [0.25, 0.3) is 0 Å². The van der Waals surface area contributed by atoms with Crippen LogP contribution < -0.4 is 5.32 Å². The van der Waals surface area contributed by atoms with Crippen molar-refractivity contribution in [2.24, 2.45) is 0 Å². The molecule has 0 atom stereocenters. The van der Waals surface area contributed by atoms with Gasteiger partial charge in [0.25, 0.3) is 0 Å². The molecule has 0 aromatic carbocycles. The van der Waals surface area contributed by atoms with Crippen molar-refractivity contribution in [3.63, 3.8) is 0 Å². The zero-order chi connectivity index (χ0) is 10.2. The molecule has 1 heterocycles. The molecule has 0 fully saturated rings. The number of ether oxygens (including phenoxy) is 1. The quantitative estimate of drug-likeness (QED) is 0.578. The molecule has 0 spiro atoms. The lowest BCUT2D eigenvalue weighted by molar-refractivity contribution is -0.144. The van der Waals surface area contributed by atoms with E-state index in [0.717, 1.165) is 11.4 Å². The van der Waals surface area contributed by atoms with Crippen molar-refractivity contribution in [1.29, 1.82) is 0 Å². The minimum absolute atomic E-state index is 0.139. The second-order valence-electron chi connectivity index (χ2n) is 2.84. The Labute approximate surface area is 88.1 Å². The third kappa shape index (κ3) is 4.39. The molecule has 0 saturated carbocycles. The number of nitrogens with one attached hydrogen (secondary N) is 1. The fraction of sp³-hybridized carbons (Fsp3) is 0.500. The molecule has 1 aromatic rings. The molecule has 1 rings (SSSR count). The Morgan fingerprint density at radius 2 is 2.50 bits per heavy atom. The molecule has 1 aromatic heterocycles. The summed E-state index contributed by atoms with van der Waals surface area (Å²) in [5, 5.41) is 5.05. The van der Waals surface area contributed by atoms with E-state index in [1.165, 1.54) is 0 Å². The van der Waals surface area contributed by atoms with E-state index < -0.39 is 0 Å². The van der Waals surface area contributed by atoms with Crippen LogP contribution in [0.2, 0.25) is 0 Å². The van der Waals surface area contributed by atoms with Gasteiger partial charge < -0.3 is 10.1 Å². The van der Waals surface area contributed by atoms with Crippen molar-refractivity contribution in [3.8, 4) is 0 Å². The highest BCUT2D eigenvalue weighted by Crippen LogP contribution is 2.09. The lowest BCUT2D eigenvalue weighted by atomic mass is 10.4. The van der Waals surface area contributed by atoms with Gasteiger partial charge in [-0.15, -0.1) is 11.3 Å². The van der Waals surface area contributed by atoms with Crippen LogP contribution in [-0.2, 0) is 16.1 Å². The van der Waals surface area contributed by atoms with E-state index in [1.807, 2.05) is 24.4 Å². The Balaban J connectivity index is 2.09. The van der Waals surface area contributed by atoms with Crippen LogP contribution in [0, 0.1) is 0 Å². The van der Waals surface area contributed by atoms with Gasteiger partial charge in [0.1, 0.15) is 6.61 Å². The number of hydrogen-bond acceptors (Lipinski definition) is 4. The fourth-order valence-corrected chi connectivity index (χ4v) is 1.60. The summed E-state index contributed by atoms with van der Waals surface area (Å²) in [5.41, 5.74) is 0. The van der Waals surface area contributed by atoms with Gasteiger partial charge >= 0.3 is 5.97 Å². The van der Waals surface area contributed by atoms with Gasteiger partial charge in [0.05, 0.1) is 6.42 Å². The van der Waals surface area contributed by atoms with Gasteiger partial charge in [0.2, 0.25) is 0 Å².